The molecule has 0 bridgehead atoms. The molecule has 2 rings (SSSR count). The summed E-state index contributed by atoms with van der Waals surface area (Å²) in [5.74, 6) is 0.422. The number of rotatable bonds is 7. The van der Waals surface area contributed by atoms with Gasteiger partial charge in [0, 0.05) is 23.0 Å². The molecule has 1 saturated carbocycles. The van der Waals surface area contributed by atoms with Crippen molar-refractivity contribution in [2.45, 2.75) is 44.6 Å². The van der Waals surface area contributed by atoms with Gasteiger partial charge in [0.15, 0.2) is 11.3 Å². The molecule has 0 saturated heterocycles. The molecule has 1 heterocycles. The lowest BCUT2D eigenvalue weighted by Crippen LogP contribution is -2.44. The summed E-state index contributed by atoms with van der Waals surface area (Å²) in [6, 6.07) is 0.150. The lowest BCUT2D eigenvalue weighted by Gasteiger charge is -2.32. The minimum atomic E-state index is -0.0126. The molecular formula is C15H20N4OS. The average molecular weight is 304 g/mol. The highest BCUT2D eigenvalue weighted by Gasteiger charge is 2.34. The van der Waals surface area contributed by atoms with Gasteiger partial charge in [0.25, 0.3) is 0 Å². The number of nitrogens with one attached hydrogen (secondary N) is 2. The van der Waals surface area contributed by atoms with E-state index in [2.05, 4.69) is 29.1 Å². The van der Waals surface area contributed by atoms with E-state index in [1.165, 1.54) is 16.2 Å². The van der Waals surface area contributed by atoms with Gasteiger partial charge in [0.1, 0.15) is 0 Å². The maximum Gasteiger partial charge on any atom is 0.229 e. The topological polar surface area (TPSA) is 77.8 Å². The maximum atomic E-state index is 12.0. The highest BCUT2D eigenvalue weighted by molar-refractivity contribution is 7.15. The van der Waals surface area contributed by atoms with Gasteiger partial charge in [-0.05, 0) is 31.6 Å². The van der Waals surface area contributed by atoms with Crippen LogP contribution in [0.1, 0.15) is 43.4 Å². The molecule has 112 valence electrons. The van der Waals surface area contributed by atoms with Gasteiger partial charge in [-0.2, -0.15) is 5.26 Å². The molecule has 1 aromatic heterocycles. The lowest BCUT2D eigenvalue weighted by molar-refractivity contribution is -0.122. The number of carbonyl (C=O) groups excluding carboxylic acids is 1. The van der Waals surface area contributed by atoms with E-state index >= 15 is 0 Å². The van der Waals surface area contributed by atoms with Crippen LogP contribution in [-0.4, -0.2) is 16.9 Å². The Kier molecular flexibility index (Phi) is 5.34. The molecule has 21 heavy (non-hydrogen) atoms. The Bertz CT molecular complexity index is 542. The second kappa shape index (κ2) is 7.23. The van der Waals surface area contributed by atoms with Crippen LogP contribution in [0.5, 0.6) is 0 Å². The van der Waals surface area contributed by atoms with Crippen molar-refractivity contribution in [3.05, 3.63) is 23.7 Å². The molecule has 1 aliphatic carbocycles. The minimum Gasteiger partial charge on any atom is -0.321 e. The number of hydrogen-bond acceptors (Lipinski definition) is 5. The van der Waals surface area contributed by atoms with Crippen molar-refractivity contribution < 1.29 is 4.79 Å². The Morgan fingerprint density at radius 2 is 2.48 bits per heavy atom. The molecule has 6 heteroatoms. The number of aromatic nitrogens is 1. The largest absolute Gasteiger partial charge is 0.321 e. The number of anilines is 1. The molecule has 0 unspecified atom stereocenters. The van der Waals surface area contributed by atoms with Gasteiger partial charge in [-0.15, -0.1) is 17.9 Å². The van der Waals surface area contributed by atoms with E-state index < -0.39 is 0 Å². The van der Waals surface area contributed by atoms with Crippen LogP contribution in [0.2, 0.25) is 0 Å². The first-order chi connectivity index (χ1) is 10.1. The SMILES string of the molecule is C=CCC[C@H](C)c1cnc(NC(=O)[C@H]2C[C@H](NC#N)C2)s1. The average Bonchev–Trinajstić information content (AvgIpc) is 2.88. The summed E-state index contributed by atoms with van der Waals surface area (Å²) < 4.78 is 0. The second-order valence-corrected chi connectivity index (χ2v) is 6.51. The van der Waals surface area contributed by atoms with E-state index in [1.807, 2.05) is 18.5 Å². The third-order valence-electron chi connectivity index (χ3n) is 3.82. The third kappa shape index (κ3) is 4.05. The van der Waals surface area contributed by atoms with Crippen LogP contribution in [0, 0.1) is 17.4 Å². The number of hydrogen-bond donors (Lipinski definition) is 2. The molecule has 2 N–H and O–H groups in total. The smallest absolute Gasteiger partial charge is 0.229 e. The first-order valence-electron chi connectivity index (χ1n) is 7.16. The van der Waals surface area contributed by atoms with E-state index in [4.69, 9.17) is 5.26 Å². The number of carbonyl (C=O) groups is 1. The highest BCUT2D eigenvalue weighted by Crippen LogP contribution is 2.31. The summed E-state index contributed by atoms with van der Waals surface area (Å²) in [4.78, 5) is 17.5. The van der Waals surface area contributed by atoms with E-state index in [1.54, 1.807) is 0 Å². The van der Waals surface area contributed by atoms with Gasteiger partial charge in [-0.1, -0.05) is 13.0 Å². The Morgan fingerprint density at radius 3 is 3.14 bits per heavy atom. The summed E-state index contributed by atoms with van der Waals surface area (Å²) in [5, 5.41) is 14.7. The van der Waals surface area contributed by atoms with Crippen LogP contribution < -0.4 is 10.6 Å². The molecule has 5 nitrogen and oxygen atoms in total. The van der Waals surface area contributed by atoms with Crippen LogP contribution in [0.4, 0.5) is 5.13 Å². The van der Waals surface area contributed by atoms with E-state index in [0.717, 1.165) is 12.8 Å². The quantitative estimate of drug-likeness (QED) is 0.461. The van der Waals surface area contributed by atoms with Gasteiger partial charge in [0.2, 0.25) is 5.91 Å². The zero-order valence-electron chi connectivity index (χ0n) is 12.1. The lowest BCUT2D eigenvalue weighted by atomic mass is 9.80. The Hall–Kier alpha value is -1.87. The molecular weight excluding hydrogens is 284 g/mol. The molecule has 0 spiro atoms. The minimum absolute atomic E-state index is 0.00522. The fourth-order valence-corrected chi connectivity index (χ4v) is 3.24. The molecule has 1 aromatic rings. The van der Waals surface area contributed by atoms with Crippen LogP contribution in [0.3, 0.4) is 0 Å². The van der Waals surface area contributed by atoms with E-state index in [-0.39, 0.29) is 17.9 Å². The molecule has 0 radical (unpaired) electrons. The predicted molar refractivity (Wildman–Crippen MR) is 83.9 cm³/mol. The fourth-order valence-electron chi connectivity index (χ4n) is 2.33. The van der Waals surface area contributed by atoms with Crippen molar-refractivity contribution in [3.63, 3.8) is 0 Å². The molecule has 1 atom stereocenters. The van der Waals surface area contributed by atoms with Crippen LogP contribution in [-0.2, 0) is 4.79 Å². The monoisotopic (exact) mass is 304 g/mol. The molecule has 0 aromatic carbocycles. The third-order valence-corrected chi connectivity index (χ3v) is 4.97. The van der Waals surface area contributed by atoms with Gasteiger partial charge in [-0.3, -0.25) is 4.79 Å². The van der Waals surface area contributed by atoms with Crippen molar-refractivity contribution >= 4 is 22.4 Å². The summed E-state index contributed by atoms with van der Waals surface area (Å²) in [6.07, 6.45) is 9.13. The number of amides is 1. The van der Waals surface area contributed by atoms with Crippen molar-refractivity contribution in [1.82, 2.24) is 10.3 Å². The number of thiazole rings is 1. The molecule has 1 aliphatic rings. The van der Waals surface area contributed by atoms with Crippen molar-refractivity contribution in [2.24, 2.45) is 5.92 Å². The van der Waals surface area contributed by atoms with Crippen LogP contribution in [0.25, 0.3) is 0 Å². The first-order valence-corrected chi connectivity index (χ1v) is 7.97. The molecule has 1 amide bonds. The number of allylic oxidation sites excluding steroid dienone is 1. The zero-order chi connectivity index (χ0) is 15.2. The van der Waals surface area contributed by atoms with Gasteiger partial charge < -0.3 is 10.6 Å². The summed E-state index contributed by atoms with van der Waals surface area (Å²) >= 11 is 1.54. The first kappa shape index (κ1) is 15.5. The summed E-state index contributed by atoms with van der Waals surface area (Å²) in [7, 11) is 0. The van der Waals surface area contributed by atoms with E-state index in [0.29, 0.717) is 23.9 Å². The number of nitriles is 1. The van der Waals surface area contributed by atoms with Gasteiger partial charge >= 0.3 is 0 Å². The Morgan fingerprint density at radius 1 is 1.71 bits per heavy atom. The van der Waals surface area contributed by atoms with Crippen molar-refractivity contribution in [3.8, 4) is 6.19 Å². The highest BCUT2D eigenvalue weighted by atomic mass is 32.1. The van der Waals surface area contributed by atoms with Crippen LogP contribution >= 0.6 is 11.3 Å². The summed E-state index contributed by atoms with van der Waals surface area (Å²) in [5.41, 5.74) is 0. The van der Waals surface area contributed by atoms with Gasteiger partial charge in [0.05, 0.1) is 0 Å². The summed E-state index contributed by atoms with van der Waals surface area (Å²) in [6.45, 7) is 5.89. The maximum absolute atomic E-state index is 12.0. The standard InChI is InChI=1S/C15H20N4OS/c1-3-4-5-10(2)13-8-17-15(21-13)19-14(20)11-6-12(7-11)18-9-16/h3,8,10-12,18H,1,4-7H2,2H3,(H,17,19,20)/t10-,11-,12-/m0/s1. The van der Waals surface area contributed by atoms with Crippen molar-refractivity contribution in [2.75, 3.05) is 5.32 Å². The second-order valence-electron chi connectivity index (χ2n) is 5.45. The van der Waals surface area contributed by atoms with Crippen molar-refractivity contribution in [1.29, 1.82) is 5.26 Å². The fraction of sp³-hybridized carbons (Fsp3) is 0.533. The Balaban J connectivity index is 1.81. The molecule has 1 fully saturated rings. The normalized spacial score (nSPS) is 21.7. The number of nitrogens with zero attached hydrogens (tertiary/aromatic N) is 2. The molecule has 0 aliphatic heterocycles. The zero-order valence-corrected chi connectivity index (χ0v) is 12.9. The Labute approximate surface area is 129 Å². The van der Waals surface area contributed by atoms with E-state index in [9.17, 15) is 4.79 Å². The van der Waals surface area contributed by atoms with Crippen LogP contribution in [0.15, 0.2) is 18.9 Å². The van der Waals surface area contributed by atoms with Gasteiger partial charge in [-0.25, -0.2) is 4.98 Å². The predicted octanol–water partition coefficient (Wildman–Crippen LogP) is 3.00.